The molecule has 0 fully saturated rings. The van der Waals surface area contributed by atoms with Gasteiger partial charge in [-0.15, -0.1) is 11.8 Å². The monoisotopic (exact) mass is 183 g/mol. The predicted molar refractivity (Wildman–Crippen MR) is 48.5 cm³/mol. The van der Waals surface area contributed by atoms with Crippen LogP contribution in [0.3, 0.4) is 0 Å². The van der Waals surface area contributed by atoms with Crippen LogP contribution < -0.4 is 5.73 Å². The number of rotatable bonds is 2. The fourth-order valence-corrected chi connectivity index (χ4v) is 1.07. The van der Waals surface area contributed by atoms with Crippen LogP contribution in [0, 0.1) is 0 Å². The molecule has 1 aromatic heterocycles. The Labute approximate surface area is 74.5 Å². The number of oxime groups is 1. The molecule has 0 unspecified atom stereocenters. The molecular weight excluding hydrogens is 174 g/mol. The number of nitrogens with two attached hydrogens (primary N) is 1. The van der Waals surface area contributed by atoms with E-state index in [1.807, 2.05) is 12.3 Å². The number of hydrogen-bond donors (Lipinski definition) is 2. The minimum atomic E-state index is 0.0302. The Morgan fingerprint density at radius 3 is 2.83 bits per heavy atom. The van der Waals surface area contributed by atoms with E-state index in [0.29, 0.717) is 5.69 Å². The third-order valence-electron chi connectivity index (χ3n) is 1.34. The summed E-state index contributed by atoms with van der Waals surface area (Å²) in [5.41, 5.74) is 5.80. The Morgan fingerprint density at radius 1 is 1.67 bits per heavy atom. The van der Waals surface area contributed by atoms with Gasteiger partial charge in [-0.3, -0.25) is 4.98 Å². The molecule has 12 heavy (non-hydrogen) atoms. The zero-order chi connectivity index (χ0) is 8.97. The van der Waals surface area contributed by atoms with Gasteiger partial charge >= 0.3 is 0 Å². The molecule has 1 rings (SSSR count). The molecule has 4 nitrogen and oxygen atoms in total. The van der Waals surface area contributed by atoms with Crippen LogP contribution in [-0.2, 0) is 0 Å². The average Bonchev–Trinajstić information content (AvgIpc) is 2.17. The highest BCUT2D eigenvalue weighted by molar-refractivity contribution is 7.98. The largest absolute Gasteiger partial charge is 0.409 e. The molecule has 5 heteroatoms. The molecule has 0 saturated heterocycles. The number of nitrogens with zero attached hydrogens (tertiary/aromatic N) is 2. The van der Waals surface area contributed by atoms with Gasteiger partial charge in [0, 0.05) is 11.1 Å². The summed E-state index contributed by atoms with van der Waals surface area (Å²) in [7, 11) is 0. The summed E-state index contributed by atoms with van der Waals surface area (Å²) in [6, 6.07) is 3.58. The molecule has 0 spiro atoms. The van der Waals surface area contributed by atoms with Crippen molar-refractivity contribution in [3.05, 3.63) is 24.0 Å². The average molecular weight is 183 g/mol. The topological polar surface area (TPSA) is 71.5 Å². The number of hydrogen-bond acceptors (Lipinski definition) is 4. The van der Waals surface area contributed by atoms with Crippen molar-refractivity contribution in [2.24, 2.45) is 10.9 Å². The van der Waals surface area contributed by atoms with Crippen molar-refractivity contribution in [3.63, 3.8) is 0 Å². The summed E-state index contributed by atoms with van der Waals surface area (Å²) in [5.74, 6) is 0.0302. The van der Waals surface area contributed by atoms with Gasteiger partial charge in [-0.1, -0.05) is 5.16 Å². The minimum absolute atomic E-state index is 0.0302. The molecule has 0 radical (unpaired) electrons. The number of thioether (sulfide) groups is 1. The standard InChI is InChI=1S/C7H9N3OS/c1-12-5-2-3-6(9-4-5)7(8)10-11/h2-4,11H,1H3,(H2,8,10). The van der Waals surface area contributed by atoms with Crippen molar-refractivity contribution in [2.75, 3.05) is 6.26 Å². The van der Waals surface area contributed by atoms with Crippen LogP contribution in [-0.4, -0.2) is 22.3 Å². The number of amidine groups is 1. The van der Waals surface area contributed by atoms with E-state index in [2.05, 4.69) is 10.1 Å². The van der Waals surface area contributed by atoms with E-state index in [4.69, 9.17) is 10.9 Å². The summed E-state index contributed by atoms with van der Waals surface area (Å²) in [6.07, 6.45) is 3.64. The van der Waals surface area contributed by atoms with Crippen LogP contribution in [0.4, 0.5) is 0 Å². The molecular formula is C7H9N3OS. The minimum Gasteiger partial charge on any atom is -0.409 e. The van der Waals surface area contributed by atoms with Gasteiger partial charge in [0.15, 0.2) is 5.84 Å². The molecule has 0 saturated carbocycles. The second kappa shape index (κ2) is 3.96. The Morgan fingerprint density at radius 2 is 2.42 bits per heavy atom. The van der Waals surface area contributed by atoms with Crippen molar-refractivity contribution < 1.29 is 5.21 Å². The molecule has 0 aliphatic heterocycles. The first kappa shape index (κ1) is 8.86. The van der Waals surface area contributed by atoms with E-state index in [9.17, 15) is 0 Å². The third kappa shape index (κ3) is 1.88. The first-order valence-electron chi connectivity index (χ1n) is 3.26. The summed E-state index contributed by atoms with van der Waals surface area (Å²) < 4.78 is 0. The molecule has 0 amide bonds. The van der Waals surface area contributed by atoms with Crippen molar-refractivity contribution >= 4 is 17.6 Å². The van der Waals surface area contributed by atoms with Crippen molar-refractivity contribution in [2.45, 2.75) is 4.90 Å². The van der Waals surface area contributed by atoms with E-state index < -0.39 is 0 Å². The zero-order valence-electron chi connectivity index (χ0n) is 6.56. The van der Waals surface area contributed by atoms with Crippen LogP contribution in [0.5, 0.6) is 0 Å². The Balaban J connectivity index is 2.92. The first-order valence-corrected chi connectivity index (χ1v) is 4.48. The van der Waals surface area contributed by atoms with Gasteiger partial charge in [0.25, 0.3) is 0 Å². The van der Waals surface area contributed by atoms with Crippen molar-refractivity contribution in [1.82, 2.24) is 4.98 Å². The second-order valence-corrected chi connectivity index (χ2v) is 2.95. The highest BCUT2D eigenvalue weighted by Gasteiger charge is 1.99. The van der Waals surface area contributed by atoms with E-state index in [1.165, 1.54) is 0 Å². The fraction of sp³-hybridized carbons (Fsp3) is 0.143. The Hall–Kier alpha value is -1.23. The Bertz CT molecular complexity index is 283. The predicted octanol–water partition coefficient (Wildman–Crippen LogP) is 0.898. The molecule has 0 aromatic carbocycles. The molecule has 1 heterocycles. The highest BCUT2D eigenvalue weighted by Crippen LogP contribution is 2.12. The van der Waals surface area contributed by atoms with Gasteiger partial charge in [0.05, 0.1) is 0 Å². The zero-order valence-corrected chi connectivity index (χ0v) is 7.38. The van der Waals surface area contributed by atoms with E-state index in [1.54, 1.807) is 24.0 Å². The maximum absolute atomic E-state index is 8.33. The van der Waals surface area contributed by atoms with Gasteiger partial charge in [-0.2, -0.15) is 0 Å². The lowest BCUT2D eigenvalue weighted by Crippen LogP contribution is -2.14. The van der Waals surface area contributed by atoms with Gasteiger partial charge in [0.2, 0.25) is 0 Å². The lowest BCUT2D eigenvalue weighted by molar-refractivity contribution is 0.318. The van der Waals surface area contributed by atoms with Crippen LogP contribution in [0.2, 0.25) is 0 Å². The van der Waals surface area contributed by atoms with E-state index in [-0.39, 0.29) is 5.84 Å². The van der Waals surface area contributed by atoms with Gasteiger partial charge < -0.3 is 10.9 Å². The maximum Gasteiger partial charge on any atom is 0.188 e. The SMILES string of the molecule is CSc1ccc(/C(N)=N/O)nc1. The smallest absolute Gasteiger partial charge is 0.188 e. The molecule has 64 valence electrons. The van der Waals surface area contributed by atoms with Crippen LogP contribution in [0.25, 0.3) is 0 Å². The summed E-state index contributed by atoms with van der Waals surface area (Å²) in [4.78, 5) is 5.03. The van der Waals surface area contributed by atoms with Gasteiger partial charge in [-0.25, -0.2) is 0 Å². The van der Waals surface area contributed by atoms with Crippen molar-refractivity contribution in [1.29, 1.82) is 0 Å². The summed E-state index contributed by atoms with van der Waals surface area (Å²) in [5, 5.41) is 11.2. The lowest BCUT2D eigenvalue weighted by Gasteiger charge is -1.98. The normalized spacial score (nSPS) is 11.6. The molecule has 0 atom stereocenters. The highest BCUT2D eigenvalue weighted by atomic mass is 32.2. The fourth-order valence-electron chi connectivity index (χ4n) is 0.704. The van der Waals surface area contributed by atoms with Crippen LogP contribution >= 0.6 is 11.8 Å². The van der Waals surface area contributed by atoms with E-state index >= 15 is 0 Å². The second-order valence-electron chi connectivity index (χ2n) is 2.07. The van der Waals surface area contributed by atoms with Crippen molar-refractivity contribution in [3.8, 4) is 0 Å². The molecule has 0 bridgehead atoms. The molecule has 3 N–H and O–H groups in total. The first-order chi connectivity index (χ1) is 5.77. The molecule has 1 aromatic rings. The molecule has 0 aliphatic rings. The molecule has 0 aliphatic carbocycles. The quantitative estimate of drug-likeness (QED) is 0.235. The lowest BCUT2D eigenvalue weighted by atomic mass is 10.3. The number of aromatic nitrogens is 1. The third-order valence-corrected chi connectivity index (χ3v) is 2.06. The summed E-state index contributed by atoms with van der Waals surface area (Å²) >= 11 is 1.59. The number of pyridine rings is 1. The van der Waals surface area contributed by atoms with Gasteiger partial charge in [-0.05, 0) is 18.4 Å². The van der Waals surface area contributed by atoms with Crippen LogP contribution in [0.1, 0.15) is 5.69 Å². The van der Waals surface area contributed by atoms with Gasteiger partial charge in [0.1, 0.15) is 5.69 Å². The Kier molecular flexibility index (Phi) is 2.93. The maximum atomic E-state index is 8.33. The van der Waals surface area contributed by atoms with Crippen LogP contribution in [0.15, 0.2) is 28.4 Å². The summed E-state index contributed by atoms with van der Waals surface area (Å²) in [6.45, 7) is 0. The van der Waals surface area contributed by atoms with E-state index in [0.717, 1.165) is 4.90 Å².